The maximum Gasteiger partial charge on any atom is 1.00 e. The van der Waals surface area contributed by atoms with Gasteiger partial charge in [-0.3, -0.25) is 9.59 Å². The summed E-state index contributed by atoms with van der Waals surface area (Å²) >= 11 is 0. The minimum absolute atomic E-state index is 0. The molecule has 0 heterocycles. The number of hydrogen-bond acceptors (Lipinski definition) is 9. The van der Waals surface area contributed by atoms with E-state index in [1.54, 1.807) is 19.1 Å². The predicted octanol–water partition coefficient (Wildman–Crippen LogP) is -3.69. The van der Waals surface area contributed by atoms with E-state index in [0.717, 1.165) is 42.7 Å². The fourth-order valence-electron chi connectivity index (χ4n) is 1.81. The Hall–Kier alpha value is -1.13. The Morgan fingerprint density at radius 3 is 1.57 bits per heavy atom. The van der Waals surface area contributed by atoms with Gasteiger partial charge < -0.3 is 20.2 Å². The number of Topliss-reactive ketones (excluding diaryl/α,β-unsaturated/α-hetero) is 1. The van der Waals surface area contributed by atoms with Crippen LogP contribution in [0, 0.1) is 17.9 Å². The van der Waals surface area contributed by atoms with Gasteiger partial charge in [0, 0.05) is 5.92 Å². The first-order valence-electron chi connectivity index (χ1n) is 9.92. The van der Waals surface area contributed by atoms with E-state index in [9.17, 15) is 22.6 Å². The molecule has 2 aromatic rings. The quantitative estimate of drug-likeness (QED) is 0.148. The largest absolute Gasteiger partial charge is 1.00 e. The molecule has 0 saturated heterocycles. The fourth-order valence-corrected chi connectivity index (χ4v) is 2.28. The smallest absolute Gasteiger partial charge is 0.744 e. The molecule has 2 unspecified atom stereocenters. The van der Waals surface area contributed by atoms with E-state index in [-0.39, 0.29) is 92.9 Å². The van der Waals surface area contributed by atoms with Gasteiger partial charge in [0.2, 0.25) is 0 Å². The third-order valence-electron chi connectivity index (χ3n) is 4.22. The van der Waals surface area contributed by atoms with Crippen molar-refractivity contribution in [3.05, 3.63) is 60.2 Å². The second kappa shape index (κ2) is 25.2. The van der Waals surface area contributed by atoms with Crippen molar-refractivity contribution in [2.45, 2.75) is 45.4 Å². The Balaban J connectivity index is -0.000000127. The average Bonchev–Trinajstić information content (AvgIpc) is 2.78. The first-order valence-corrected chi connectivity index (χ1v) is 12.3. The molecule has 4 N–H and O–H groups in total. The van der Waals surface area contributed by atoms with Gasteiger partial charge in [-0.1, -0.05) is 33.3 Å². The summed E-state index contributed by atoms with van der Waals surface area (Å²) in [5, 5.41) is 16.9. The van der Waals surface area contributed by atoms with Crippen molar-refractivity contribution < 1.29 is 110 Å². The van der Waals surface area contributed by atoms with E-state index in [0.29, 0.717) is 0 Å². The van der Waals surface area contributed by atoms with Gasteiger partial charge in [0.15, 0.2) is 0 Å². The number of hydrogen-bond donors (Lipinski definition) is 2. The maximum absolute atomic E-state index is 11.6. The van der Waals surface area contributed by atoms with Gasteiger partial charge in [0.05, 0.1) is 10.8 Å². The summed E-state index contributed by atoms with van der Waals surface area (Å²) in [5.74, 6) is -0.598. The third-order valence-corrected chi connectivity index (χ3v) is 5.07. The van der Waals surface area contributed by atoms with Crippen LogP contribution in [-0.4, -0.2) is 53.0 Å². The van der Waals surface area contributed by atoms with Crippen molar-refractivity contribution in [2.24, 2.45) is 11.8 Å². The van der Waals surface area contributed by atoms with E-state index >= 15 is 0 Å². The molecular weight excluding hydrogens is 550 g/mol. The van der Waals surface area contributed by atoms with E-state index in [1.807, 2.05) is 32.9 Å². The van der Waals surface area contributed by atoms with Gasteiger partial charge in [0.25, 0.3) is 0 Å². The molecule has 2 aromatic carbocycles. The summed E-state index contributed by atoms with van der Waals surface area (Å²) < 4.78 is 56.3. The summed E-state index contributed by atoms with van der Waals surface area (Å²) in [6.45, 7) is 7.54. The number of phenolic OH excluding ortho intramolecular Hbond substituents is 1. The van der Waals surface area contributed by atoms with Crippen LogP contribution in [0.25, 0.3) is 0 Å². The number of ketones is 1. The first-order chi connectivity index (χ1) is 15.7. The molecule has 0 bridgehead atoms. The van der Waals surface area contributed by atoms with Gasteiger partial charge in [-0.25, -0.2) is 8.42 Å². The number of phenols is 1. The van der Waals surface area contributed by atoms with Crippen molar-refractivity contribution in [1.29, 1.82) is 0 Å². The van der Waals surface area contributed by atoms with Crippen LogP contribution in [0.15, 0.2) is 53.4 Å². The first kappa shape index (κ1) is 45.8. The Morgan fingerprint density at radius 2 is 1.30 bits per heavy atom. The molecule has 0 saturated carbocycles. The predicted molar refractivity (Wildman–Crippen MR) is 126 cm³/mol. The van der Waals surface area contributed by atoms with Crippen LogP contribution in [0.4, 0.5) is 0 Å². The monoisotopic (exact) mass is 580 g/mol. The SMILES string of the molecule is CCC(C)C(=O)O.CCC(C)C(=O)c1cc[c-]cc1.O.O=S(=O)([O-])c1ccc(O)cc1.O=S(=O)=O.[Na+].[Na+]. The zero-order valence-electron chi connectivity index (χ0n) is 21.7. The topological polar surface area (TPSA) is 215 Å². The number of carboxylic acids is 1. The summed E-state index contributed by atoms with van der Waals surface area (Å²) in [7, 11) is -7.49. The number of rotatable bonds is 6. The molecule has 11 nitrogen and oxygen atoms in total. The van der Waals surface area contributed by atoms with E-state index in [4.69, 9.17) is 22.8 Å². The van der Waals surface area contributed by atoms with Crippen LogP contribution in [0.5, 0.6) is 5.75 Å². The molecule has 198 valence electrons. The molecule has 0 amide bonds. The summed E-state index contributed by atoms with van der Waals surface area (Å²) in [4.78, 5) is 21.2. The van der Waals surface area contributed by atoms with Crippen LogP contribution in [-0.2, 0) is 25.5 Å². The van der Waals surface area contributed by atoms with Gasteiger partial charge in [-0.15, -0.1) is 12.6 Å². The summed E-state index contributed by atoms with van der Waals surface area (Å²) in [5.41, 5.74) is 0.795. The minimum Gasteiger partial charge on any atom is -0.744 e. The summed E-state index contributed by atoms with van der Waals surface area (Å²) in [6.07, 6.45) is 1.62. The van der Waals surface area contributed by atoms with E-state index in [1.165, 1.54) is 0 Å². The van der Waals surface area contributed by atoms with Crippen molar-refractivity contribution in [3.8, 4) is 5.75 Å². The average molecular weight is 581 g/mol. The Bertz CT molecular complexity index is 1090. The second-order valence-electron chi connectivity index (χ2n) is 6.76. The zero-order chi connectivity index (χ0) is 26.9. The number of benzene rings is 2. The van der Waals surface area contributed by atoms with Crippen LogP contribution in [0.3, 0.4) is 0 Å². The molecule has 0 radical (unpaired) electrons. The minimum atomic E-state index is -4.38. The second-order valence-corrected chi connectivity index (χ2v) is 8.55. The molecule has 37 heavy (non-hydrogen) atoms. The standard InChI is InChI=1S/C11H13O.C6H6O4S.C5H10O2.2Na.O3S.H2O/c1-3-9(2)11(12)10-7-5-4-6-8-10;7-5-1-3-6(4-2-5)11(8,9)10;1-3-4(2)5(6)7;;;1-4(2)3;/h5-9H,3H2,1-2H3;1-4,7H,(H,8,9,10);4H,3H2,1-2H3,(H,6,7);;;;1H2/q-1;;;2*+1;;/p-1. The third kappa shape index (κ3) is 24.9. The Morgan fingerprint density at radius 1 is 0.919 bits per heavy atom. The summed E-state index contributed by atoms with van der Waals surface area (Å²) in [6, 6.07) is 14.5. The molecule has 2 rings (SSSR count). The van der Waals surface area contributed by atoms with Gasteiger partial charge in [-0.05, 0) is 37.1 Å². The maximum atomic E-state index is 11.6. The van der Waals surface area contributed by atoms with Gasteiger partial charge in [-0.2, -0.15) is 30.3 Å². The van der Waals surface area contributed by atoms with Gasteiger partial charge in [0.1, 0.15) is 21.7 Å². The van der Waals surface area contributed by atoms with Crippen LogP contribution in [0.2, 0.25) is 0 Å². The molecule has 0 fully saturated rings. The van der Waals surface area contributed by atoms with Crippen molar-refractivity contribution >= 4 is 32.5 Å². The van der Waals surface area contributed by atoms with E-state index in [2.05, 4.69) is 6.07 Å². The van der Waals surface area contributed by atoms with E-state index < -0.39 is 26.7 Å². The van der Waals surface area contributed by atoms with Crippen LogP contribution >= 0.6 is 0 Å². The fraction of sp³-hybridized carbons (Fsp3) is 0.364. The van der Waals surface area contributed by atoms with Crippen LogP contribution < -0.4 is 59.1 Å². The van der Waals surface area contributed by atoms with Crippen molar-refractivity contribution in [3.63, 3.8) is 0 Å². The molecule has 0 spiro atoms. The number of carboxylic acid groups (broad SMARTS) is 1. The molecule has 2 atom stereocenters. The Kier molecular flexibility index (Phi) is 31.1. The normalized spacial score (nSPS) is 10.6. The number of aromatic hydroxyl groups is 1. The molecule has 0 aliphatic carbocycles. The van der Waals surface area contributed by atoms with Crippen molar-refractivity contribution in [1.82, 2.24) is 0 Å². The molecule has 0 aromatic heterocycles. The molecule has 15 heteroatoms. The van der Waals surface area contributed by atoms with Gasteiger partial charge >= 0.3 is 75.7 Å². The Labute approximate surface area is 263 Å². The number of carbonyl (C=O) groups excluding carboxylic acids is 1. The van der Waals surface area contributed by atoms with Crippen molar-refractivity contribution in [2.75, 3.05) is 0 Å². The van der Waals surface area contributed by atoms with Crippen LogP contribution in [0.1, 0.15) is 50.9 Å². The molecular formula is C22H30Na2O11S2. The molecule has 0 aliphatic rings. The zero-order valence-corrected chi connectivity index (χ0v) is 27.3. The molecule has 0 aliphatic heterocycles. The number of carbonyl (C=O) groups is 2. The number of aliphatic carboxylic acids is 1.